The summed E-state index contributed by atoms with van der Waals surface area (Å²) < 4.78 is 0. The molecule has 1 aromatic carbocycles. The lowest BCUT2D eigenvalue weighted by atomic mass is 9.92. The van der Waals surface area contributed by atoms with Gasteiger partial charge in [-0.1, -0.05) is 50.1 Å². The fraction of sp³-hybridized carbons (Fsp3) is 0.647. The fourth-order valence-corrected chi connectivity index (χ4v) is 3.05. The molecular formula is C17H27NO. The normalized spacial score (nSPS) is 19.5. The average molecular weight is 261 g/mol. The van der Waals surface area contributed by atoms with Gasteiger partial charge in [0.1, 0.15) is 0 Å². The highest BCUT2D eigenvalue weighted by atomic mass is 16.3. The minimum Gasteiger partial charge on any atom is -0.388 e. The van der Waals surface area contributed by atoms with Crippen LogP contribution in [0, 0.1) is 5.92 Å². The van der Waals surface area contributed by atoms with Crippen molar-refractivity contribution >= 4 is 0 Å². The maximum atomic E-state index is 10.2. The smallest absolute Gasteiger partial charge is 0.0802 e. The summed E-state index contributed by atoms with van der Waals surface area (Å²) >= 11 is 0. The first-order valence-electron chi connectivity index (χ1n) is 7.75. The highest BCUT2D eigenvalue weighted by Gasteiger charge is 2.19. The number of hydrogen-bond donors (Lipinski definition) is 1. The van der Waals surface area contributed by atoms with Gasteiger partial charge in [0.25, 0.3) is 0 Å². The molecule has 106 valence electrons. The van der Waals surface area contributed by atoms with Crippen LogP contribution in [-0.2, 0) is 0 Å². The van der Waals surface area contributed by atoms with Crippen molar-refractivity contribution in [3.63, 3.8) is 0 Å². The van der Waals surface area contributed by atoms with Gasteiger partial charge in [0.2, 0.25) is 0 Å². The molecule has 1 aliphatic heterocycles. The Hall–Kier alpha value is -0.860. The second-order valence-electron chi connectivity index (χ2n) is 5.79. The highest BCUT2D eigenvalue weighted by Crippen LogP contribution is 2.23. The zero-order valence-electron chi connectivity index (χ0n) is 12.1. The van der Waals surface area contributed by atoms with Crippen LogP contribution in [0.25, 0.3) is 0 Å². The number of piperidine rings is 1. The van der Waals surface area contributed by atoms with Crippen molar-refractivity contribution in [2.45, 2.75) is 45.1 Å². The Morgan fingerprint density at radius 2 is 1.89 bits per heavy atom. The maximum absolute atomic E-state index is 10.2. The summed E-state index contributed by atoms with van der Waals surface area (Å²) in [6.45, 7) is 5.73. The lowest BCUT2D eigenvalue weighted by Crippen LogP contribution is -2.34. The summed E-state index contributed by atoms with van der Waals surface area (Å²) in [4.78, 5) is 2.51. The molecule has 2 heteroatoms. The van der Waals surface area contributed by atoms with Gasteiger partial charge in [-0.2, -0.15) is 0 Å². The lowest BCUT2D eigenvalue weighted by Gasteiger charge is -2.32. The van der Waals surface area contributed by atoms with Crippen molar-refractivity contribution in [3.8, 4) is 0 Å². The van der Waals surface area contributed by atoms with Gasteiger partial charge in [0, 0.05) is 6.54 Å². The van der Waals surface area contributed by atoms with Crippen LogP contribution in [0.2, 0.25) is 0 Å². The van der Waals surface area contributed by atoms with Gasteiger partial charge in [0.15, 0.2) is 0 Å². The van der Waals surface area contributed by atoms with Crippen molar-refractivity contribution in [1.29, 1.82) is 0 Å². The third kappa shape index (κ3) is 4.63. The molecule has 19 heavy (non-hydrogen) atoms. The molecule has 0 aromatic heterocycles. The molecule has 1 N–H and O–H groups in total. The van der Waals surface area contributed by atoms with Gasteiger partial charge in [-0.05, 0) is 43.8 Å². The Labute approximate surface area is 117 Å². The quantitative estimate of drug-likeness (QED) is 0.845. The van der Waals surface area contributed by atoms with Crippen molar-refractivity contribution in [1.82, 2.24) is 4.90 Å². The predicted octanol–water partition coefficient (Wildman–Crippen LogP) is 3.62. The number of aliphatic hydroxyl groups is 1. The summed E-state index contributed by atoms with van der Waals surface area (Å²) in [5, 5.41) is 10.2. The van der Waals surface area contributed by atoms with E-state index < -0.39 is 0 Å². The predicted molar refractivity (Wildman–Crippen MR) is 80.1 cm³/mol. The summed E-state index contributed by atoms with van der Waals surface area (Å²) in [6.07, 6.45) is 5.93. The Balaban J connectivity index is 1.69. The summed E-state index contributed by atoms with van der Waals surface area (Å²) in [6, 6.07) is 10.0. The van der Waals surface area contributed by atoms with Gasteiger partial charge in [-0.15, -0.1) is 0 Å². The molecule has 1 aliphatic rings. The second kappa shape index (κ2) is 7.66. The van der Waals surface area contributed by atoms with Crippen LogP contribution in [0.5, 0.6) is 0 Å². The number of benzene rings is 1. The van der Waals surface area contributed by atoms with E-state index >= 15 is 0 Å². The van der Waals surface area contributed by atoms with Crippen LogP contribution in [0.3, 0.4) is 0 Å². The SMILES string of the molecule is CCCC1CCN(CCC(O)c2ccccc2)CC1. The molecular weight excluding hydrogens is 234 g/mol. The molecule has 1 unspecified atom stereocenters. The topological polar surface area (TPSA) is 23.5 Å². The largest absolute Gasteiger partial charge is 0.388 e. The minimum atomic E-state index is -0.311. The van der Waals surface area contributed by atoms with E-state index in [9.17, 15) is 5.11 Å². The van der Waals surface area contributed by atoms with Crippen LogP contribution >= 0.6 is 0 Å². The van der Waals surface area contributed by atoms with E-state index in [1.807, 2.05) is 30.3 Å². The first-order chi connectivity index (χ1) is 9.29. The fourth-order valence-electron chi connectivity index (χ4n) is 3.05. The molecule has 1 aromatic rings. The standard InChI is InChI=1S/C17H27NO/c1-2-6-15-9-12-18(13-10-15)14-11-17(19)16-7-4-3-5-8-16/h3-5,7-8,15,17,19H,2,6,9-14H2,1H3. The van der Waals surface area contributed by atoms with E-state index in [0.717, 1.165) is 24.4 Å². The van der Waals surface area contributed by atoms with E-state index in [4.69, 9.17) is 0 Å². The minimum absolute atomic E-state index is 0.311. The van der Waals surface area contributed by atoms with Crippen LogP contribution in [0.1, 0.15) is 50.7 Å². The number of hydrogen-bond acceptors (Lipinski definition) is 2. The molecule has 1 fully saturated rings. The van der Waals surface area contributed by atoms with Crippen molar-refractivity contribution in [2.75, 3.05) is 19.6 Å². The third-order valence-electron chi connectivity index (χ3n) is 4.31. The molecule has 1 heterocycles. The number of likely N-dealkylation sites (tertiary alicyclic amines) is 1. The Bertz CT molecular complexity index is 344. The van der Waals surface area contributed by atoms with E-state index in [1.165, 1.54) is 38.8 Å². The summed E-state index contributed by atoms with van der Waals surface area (Å²) in [5.41, 5.74) is 1.04. The first kappa shape index (κ1) is 14.5. The molecule has 0 bridgehead atoms. The number of aliphatic hydroxyl groups excluding tert-OH is 1. The van der Waals surface area contributed by atoms with Crippen LogP contribution in [0.15, 0.2) is 30.3 Å². The molecule has 0 aliphatic carbocycles. The van der Waals surface area contributed by atoms with Gasteiger partial charge in [-0.3, -0.25) is 0 Å². The monoisotopic (exact) mass is 261 g/mol. The summed E-state index contributed by atoms with van der Waals surface area (Å²) in [7, 11) is 0. The molecule has 0 amide bonds. The Morgan fingerprint density at radius 3 is 2.53 bits per heavy atom. The van der Waals surface area contributed by atoms with Crippen LogP contribution in [0.4, 0.5) is 0 Å². The zero-order valence-corrected chi connectivity index (χ0v) is 12.1. The van der Waals surface area contributed by atoms with Gasteiger partial charge >= 0.3 is 0 Å². The summed E-state index contributed by atoms with van der Waals surface area (Å²) in [5.74, 6) is 0.945. The maximum Gasteiger partial charge on any atom is 0.0802 e. The van der Waals surface area contributed by atoms with E-state index in [1.54, 1.807) is 0 Å². The van der Waals surface area contributed by atoms with Gasteiger partial charge < -0.3 is 10.0 Å². The van der Waals surface area contributed by atoms with Gasteiger partial charge in [-0.25, -0.2) is 0 Å². The second-order valence-corrected chi connectivity index (χ2v) is 5.79. The number of nitrogens with zero attached hydrogens (tertiary/aromatic N) is 1. The van der Waals surface area contributed by atoms with Gasteiger partial charge in [0.05, 0.1) is 6.10 Å². The Morgan fingerprint density at radius 1 is 1.21 bits per heavy atom. The molecule has 1 atom stereocenters. The van der Waals surface area contributed by atoms with Crippen LogP contribution in [-0.4, -0.2) is 29.6 Å². The van der Waals surface area contributed by atoms with E-state index in [0.29, 0.717) is 0 Å². The van der Waals surface area contributed by atoms with E-state index in [2.05, 4.69) is 11.8 Å². The van der Waals surface area contributed by atoms with Crippen LogP contribution < -0.4 is 0 Å². The number of rotatable bonds is 6. The van der Waals surface area contributed by atoms with Crippen molar-refractivity contribution in [3.05, 3.63) is 35.9 Å². The highest BCUT2D eigenvalue weighted by molar-refractivity contribution is 5.17. The third-order valence-corrected chi connectivity index (χ3v) is 4.31. The molecule has 0 spiro atoms. The lowest BCUT2D eigenvalue weighted by molar-refractivity contribution is 0.121. The average Bonchev–Trinajstić information content (AvgIpc) is 2.47. The molecule has 2 rings (SSSR count). The first-order valence-corrected chi connectivity index (χ1v) is 7.75. The molecule has 0 radical (unpaired) electrons. The molecule has 0 saturated carbocycles. The Kier molecular flexibility index (Phi) is 5.87. The van der Waals surface area contributed by atoms with E-state index in [-0.39, 0.29) is 6.10 Å². The molecule has 1 saturated heterocycles. The van der Waals surface area contributed by atoms with Crippen molar-refractivity contribution < 1.29 is 5.11 Å². The van der Waals surface area contributed by atoms with Crippen molar-refractivity contribution in [2.24, 2.45) is 5.92 Å². The zero-order chi connectivity index (χ0) is 13.5. The molecule has 2 nitrogen and oxygen atoms in total.